The molecular weight excluding hydrogens is 353 g/mol. The SMILES string of the molecule is CCOC(=O)NC(=O)C(C#N)=CNc1c(Cl)cc(Cl)cc1Cl. The second-order valence-electron chi connectivity index (χ2n) is 3.73. The summed E-state index contributed by atoms with van der Waals surface area (Å²) in [6, 6.07) is 4.52. The van der Waals surface area contributed by atoms with Crippen molar-refractivity contribution in [3.63, 3.8) is 0 Å². The lowest BCUT2D eigenvalue weighted by molar-refractivity contribution is -0.116. The summed E-state index contributed by atoms with van der Waals surface area (Å²) in [5, 5.41) is 14.2. The molecule has 0 saturated heterocycles. The van der Waals surface area contributed by atoms with Gasteiger partial charge in [0, 0.05) is 11.2 Å². The van der Waals surface area contributed by atoms with Crippen LogP contribution in [-0.2, 0) is 9.53 Å². The molecule has 0 aliphatic rings. The maximum absolute atomic E-state index is 11.7. The third-order valence-electron chi connectivity index (χ3n) is 2.22. The molecule has 2 amide bonds. The monoisotopic (exact) mass is 361 g/mol. The molecule has 0 aliphatic carbocycles. The fraction of sp³-hybridized carbons (Fsp3) is 0.154. The second kappa shape index (κ2) is 8.49. The lowest BCUT2D eigenvalue weighted by atomic mass is 10.3. The van der Waals surface area contributed by atoms with Gasteiger partial charge in [-0.3, -0.25) is 10.1 Å². The fourth-order valence-corrected chi connectivity index (χ4v) is 2.23. The van der Waals surface area contributed by atoms with Gasteiger partial charge < -0.3 is 10.1 Å². The Balaban J connectivity index is 2.89. The van der Waals surface area contributed by atoms with Gasteiger partial charge in [-0.15, -0.1) is 0 Å². The first-order chi connectivity index (χ1) is 10.4. The van der Waals surface area contributed by atoms with Crippen LogP contribution in [0.1, 0.15) is 6.92 Å². The average Bonchev–Trinajstić information content (AvgIpc) is 2.41. The number of amides is 2. The number of benzene rings is 1. The van der Waals surface area contributed by atoms with E-state index >= 15 is 0 Å². The van der Waals surface area contributed by atoms with Crippen LogP contribution < -0.4 is 10.6 Å². The molecule has 1 aromatic rings. The van der Waals surface area contributed by atoms with Gasteiger partial charge in [0.2, 0.25) is 0 Å². The molecule has 0 radical (unpaired) electrons. The van der Waals surface area contributed by atoms with Crippen LogP contribution in [0.15, 0.2) is 23.9 Å². The number of hydrogen-bond donors (Lipinski definition) is 2. The minimum Gasteiger partial charge on any atom is -0.450 e. The number of hydrogen-bond acceptors (Lipinski definition) is 5. The van der Waals surface area contributed by atoms with Crippen LogP contribution in [0.3, 0.4) is 0 Å². The largest absolute Gasteiger partial charge is 0.450 e. The van der Waals surface area contributed by atoms with Crippen molar-refractivity contribution in [3.05, 3.63) is 39.0 Å². The van der Waals surface area contributed by atoms with Crippen molar-refractivity contribution < 1.29 is 14.3 Å². The number of imide groups is 1. The molecule has 0 aromatic heterocycles. The molecule has 1 rings (SSSR count). The molecule has 2 N–H and O–H groups in total. The third-order valence-corrected chi connectivity index (χ3v) is 3.04. The second-order valence-corrected chi connectivity index (χ2v) is 4.98. The van der Waals surface area contributed by atoms with Gasteiger partial charge in [0.05, 0.1) is 22.3 Å². The van der Waals surface area contributed by atoms with E-state index in [4.69, 9.17) is 40.1 Å². The number of rotatable bonds is 4. The lowest BCUT2D eigenvalue weighted by Gasteiger charge is -2.08. The number of anilines is 1. The fourth-order valence-electron chi connectivity index (χ4n) is 1.30. The topological polar surface area (TPSA) is 91.2 Å². The highest BCUT2D eigenvalue weighted by molar-refractivity contribution is 6.41. The van der Waals surface area contributed by atoms with E-state index < -0.39 is 12.0 Å². The van der Waals surface area contributed by atoms with E-state index in [0.29, 0.717) is 5.02 Å². The minimum absolute atomic E-state index is 0.0962. The van der Waals surface area contributed by atoms with Gasteiger partial charge in [0.25, 0.3) is 5.91 Å². The van der Waals surface area contributed by atoms with Crippen molar-refractivity contribution >= 4 is 52.5 Å². The molecule has 0 unspecified atom stereocenters. The summed E-state index contributed by atoms with van der Waals surface area (Å²) in [4.78, 5) is 22.8. The Bertz CT molecular complexity index is 645. The number of nitrogens with zero attached hydrogens (tertiary/aromatic N) is 1. The predicted molar refractivity (Wildman–Crippen MR) is 84.0 cm³/mol. The number of carbonyl (C=O) groups excluding carboxylic acids is 2. The van der Waals surface area contributed by atoms with Gasteiger partial charge in [0.1, 0.15) is 11.6 Å². The van der Waals surface area contributed by atoms with Gasteiger partial charge in [-0.05, 0) is 19.1 Å². The quantitative estimate of drug-likeness (QED) is 0.629. The molecular formula is C13H10Cl3N3O3. The van der Waals surface area contributed by atoms with Gasteiger partial charge in [0.15, 0.2) is 0 Å². The summed E-state index contributed by atoms with van der Waals surface area (Å²) < 4.78 is 4.54. The first-order valence-electron chi connectivity index (χ1n) is 5.88. The van der Waals surface area contributed by atoms with Crippen LogP contribution in [0.2, 0.25) is 15.1 Å². The molecule has 9 heteroatoms. The maximum Gasteiger partial charge on any atom is 0.414 e. The highest BCUT2D eigenvalue weighted by atomic mass is 35.5. The van der Waals surface area contributed by atoms with Crippen LogP contribution in [0.5, 0.6) is 0 Å². The predicted octanol–water partition coefficient (Wildman–Crippen LogP) is 3.74. The highest BCUT2D eigenvalue weighted by Gasteiger charge is 2.14. The van der Waals surface area contributed by atoms with Crippen molar-refractivity contribution in [3.8, 4) is 6.07 Å². The molecule has 6 nitrogen and oxygen atoms in total. The maximum atomic E-state index is 11.7. The molecule has 0 saturated carbocycles. The molecule has 22 heavy (non-hydrogen) atoms. The summed E-state index contributed by atoms with van der Waals surface area (Å²) in [7, 11) is 0. The lowest BCUT2D eigenvalue weighted by Crippen LogP contribution is -2.32. The van der Waals surface area contributed by atoms with E-state index in [1.807, 2.05) is 5.32 Å². The molecule has 0 aliphatic heterocycles. The zero-order chi connectivity index (χ0) is 16.7. The number of alkyl carbamates (subject to hydrolysis) is 1. The van der Waals surface area contributed by atoms with E-state index in [0.717, 1.165) is 6.20 Å². The summed E-state index contributed by atoms with van der Waals surface area (Å²) in [5.41, 5.74) is -0.0976. The highest BCUT2D eigenvalue weighted by Crippen LogP contribution is 2.33. The summed E-state index contributed by atoms with van der Waals surface area (Å²) >= 11 is 17.7. The summed E-state index contributed by atoms with van der Waals surface area (Å²) in [6.45, 7) is 1.68. The van der Waals surface area contributed by atoms with Crippen LogP contribution in [0.4, 0.5) is 10.5 Å². The standard InChI is InChI=1S/C13H10Cl3N3O3/c1-2-22-13(21)19-12(20)7(5-17)6-18-11-9(15)3-8(14)4-10(11)16/h3-4,6,18H,2H2,1H3,(H,19,20,21). The summed E-state index contributed by atoms with van der Waals surface area (Å²) in [6.07, 6.45) is 0.117. The molecule has 0 heterocycles. The van der Waals surface area contributed by atoms with Crippen molar-refractivity contribution in [2.24, 2.45) is 0 Å². The number of ether oxygens (including phenoxy) is 1. The van der Waals surface area contributed by atoms with Gasteiger partial charge in [-0.1, -0.05) is 34.8 Å². The van der Waals surface area contributed by atoms with Crippen LogP contribution in [0.25, 0.3) is 0 Å². The van der Waals surface area contributed by atoms with Crippen LogP contribution in [0, 0.1) is 11.3 Å². The Morgan fingerprint density at radius 3 is 2.41 bits per heavy atom. The van der Waals surface area contributed by atoms with Gasteiger partial charge in [-0.25, -0.2) is 4.79 Å². The molecule has 0 spiro atoms. The number of nitrogens with one attached hydrogen (secondary N) is 2. The van der Waals surface area contributed by atoms with E-state index in [9.17, 15) is 9.59 Å². The van der Waals surface area contributed by atoms with Crippen molar-refractivity contribution in [1.82, 2.24) is 5.32 Å². The number of halogens is 3. The van der Waals surface area contributed by atoms with E-state index in [2.05, 4.69) is 10.1 Å². The Hall–Kier alpha value is -1.94. The van der Waals surface area contributed by atoms with Crippen molar-refractivity contribution in [1.29, 1.82) is 5.26 Å². The van der Waals surface area contributed by atoms with Crippen molar-refractivity contribution in [2.45, 2.75) is 6.92 Å². The van der Waals surface area contributed by atoms with Crippen LogP contribution >= 0.6 is 34.8 Å². The minimum atomic E-state index is -0.948. The number of carbonyl (C=O) groups is 2. The Morgan fingerprint density at radius 1 is 1.32 bits per heavy atom. The zero-order valence-electron chi connectivity index (χ0n) is 11.2. The first kappa shape index (κ1) is 18.1. The zero-order valence-corrected chi connectivity index (χ0v) is 13.5. The van der Waals surface area contributed by atoms with E-state index in [1.165, 1.54) is 12.1 Å². The van der Waals surface area contributed by atoms with Gasteiger partial charge in [-0.2, -0.15) is 5.26 Å². The van der Waals surface area contributed by atoms with E-state index in [1.54, 1.807) is 13.0 Å². The normalized spacial score (nSPS) is 10.6. The van der Waals surface area contributed by atoms with Gasteiger partial charge >= 0.3 is 6.09 Å². The third kappa shape index (κ3) is 5.11. The Morgan fingerprint density at radius 2 is 1.91 bits per heavy atom. The molecule has 0 fully saturated rings. The number of nitriles is 1. The smallest absolute Gasteiger partial charge is 0.414 e. The molecule has 116 valence electrons. The Labute approximate surface area is 141 Å². The summed E-state index contributed by atoms with van der Waals surface area (Å²) in [5.74, 6) is -0.922. The molecule has 0 atom stereocenters. The molecule has 0 bridgehead atoms. The first-order valence-corrected chi connectivity index (χ1v) is 7.01. The average molecular weight is 363 g/mol. The Kier molecular flexibility index (Phi) is 6.99. The molecule has 1 aromatic carbocycles. The van der Waals surface area contributed by atoms with E-state index in [-0.39, 0.29) is 27.9 Å². The van der Waals surface area contributed by atoms with Crippen LogP contribution in [-0.4, -0.2) is 18.6 Å². The van der Waals surface area contributed by atoms with Crippen molar-refractivity contribution in [2.75, 3.05) is 11.9 Å².